The van der Waals surface area contributed by atoms with Crippen LogP contribution in [0.3, 0.4) is 0 Å². The van der Waals surface area contributed by atoms with Crippen LogP contribution in [-0.4, -0.2) is 36.8 Å². The van der Waals surface area contributed by atoms with Gasteiger partial charge in [0.1, 0.15) is 5.75 Å². The van der Waals surface area contributed by atoms with Gasteiger partial charge in [0.2, 0.25) is 0 Å². The van der Waals surface area contributed by atoms with Gasteiger partial charge in [-0.05, 0) is 54.5 Å². The molecular weight excluding hydrogens is 326 g/mol. The third-order valence-electron chi connectivity index (χ3n) is 4.22. The zero-order valence-electron chi connectivity index (χ0n) is 13.2. The van der Waals surface area contributed by atoms with E-state index in [1.54, 1.807) is 18.4 Å². The molecule has 1 aromatic carbocycles. The summed E-state index contributed by atoms with van der Waals surface area (Å²) in [4.78, 5) is 15.6. The number of nitrogens with zero attached hydrogens (tertiary/aromatic N) is 1. The van der Waals surface area contributed by atoms with E-state index in [2.05, 4.69) is 12.1 Å². The van der Waals surface area contributed by atoms with Crippen molar-refractivity contribution in [3.63, 3.8) is 0 Å². The number of piperidine rings is 1. The highest BCUT2D eigenvalue weighted by molar-refractivity contribution is 7.99. The summed E-state index contributed by atoms with van der Waals surface area (Å²) < 4.78 is 5.18. The molecule has 122 valence electrons. The molecule has 1 amide bonds. The van der Waals surface area contributed by atoms with E-state index >= 15 is 0 Å². The van der Waals surface area contributed by atoms with Crippen molar-refractivity contribution < 1.29 is 9.53 Å². The fourth-order valence-electron chi connectivity index (χ4n) is 2.76. The molecule has 0 saturated carbocycles. The minimum atomic E-state index is 0.188. The maximum Gasteiger partial charge on any atom is 0.254 e. The van der Waals surface area contributed by atoms with Gasteiger partial charge in [-0.2, -0.15) is 11.3 Å². The van der Waals surface area contributed by atoms with E-state index in [9.17, 15) is 4.79 Å². The lowest BCUT2D eigenvalue weighted by atomic mass is 9.98. The number of benzene rings is 1. The Morgan fingerprint density at radius 2 is 2.00 bits per heavy atom. The number of thioether (sulfide) groups is 1. The van der Waals surface area contributed by atoms with Gasteiger partial charge >= 0.3 is 0 Å². The van der Waals surface area contributed by atoms with E-state index in [4.69, 9.17) is 4.74 Å². The van der Waals surface area contributed by atoms with Crippen LogP contribution in [0, 0.1) is 5.92 Å². The molecule has 3 rings (SSSR count). The van der Waals surface area contributed by atoms with Crippen LogP contribution >= 0.6 is 23.1 Å². The number of amides is 1. The predicted molar refractivity (Wildman–Crippen MR) is 96.7 cm³/mol. The van der Waals surface area contributed by atoms with Gasteiger partial charge in [-0.1, -0.05) is 0 Å². The van der Waals surface area contributed by atoms with E-state index in [0.717, 1.165) is 43.0 Å². The number of thiophene rings is 1. The number of rotatable bonds is 5. The molecule has 1 aliphatic heterocycles. The van der Waals surface area contributed by atoms with Gasteiger partial charge in [-0.15, -0.1) is 11.8 Å². The van der Waals surface area contributed by atoms with Crippen molar-refractivity contribution in [2.75, 3.05) is 26.0 Å². The van der Waals surface area contributed by atoms with E-state index in [1.807, 2.05) is 45.6 Å². The first-order chi connectivity index (χ1) is 11.3. The van der Waals surface area contributed by atoms with Crippen LogP contribution in [0.15, 0.2) is 46.0 Å². The zero-order chi connectivity index (χ0) is 16.1. The minimum absolute atomic E-state index is 0.188. The number of methoxy groups -OCH3 is 1. The van der Waals surface area contributed by atoms with Gasteiger partial charge in [0.25, 0.3) is 5.91 Å². The van der Waals surface area contributed by atoms with Crippen molar-refractivity contribution in [2.45, 2.75) is 17.7 Å². The molecule has 1 saturated heterocycles. The summed E-state index contributed by atoms with van der Waals surface area (Å²) >= 11 is 3.48. The summed E-state index contributed by atoms with van der Waals surface area (Å²) in [7, 11) is 1.69. The molecule has 0 atom stereocenters. The lowest BCUT2D eigenvalue weighted by Gasteiger charge is -2.31. The van der Waals surface area contributed by atoms with Crippen molar-refractivity contribution in [1.29, 1.82) is 0 Å². The zero-order valence-corrected chi connectivity index (χ0v) is 14.9. The first kappa shape index (κ1) is 16.4. The smallest absolute Gasteiger partial charge is 0.254 e. The maximum atomic E-state index is 12.3. The Bertz CT molecular complexity index is 617. The summed E-state index contributed by atoms with van der Waals surface area (Å²) in [5.41, 5.74) is 0.834. The maximum absolute atomic E-state index is 12.3. The fourth-order valence-corrected chi connectivity index (χ4v) is 4.48. The molecule has 1 fully saturated rings. The number of hydrogen-bond donors (Lipinski definition) is 0. The molecule has 1 aromatic heterocycles. The molecule has 2 heterocycles. The second-order valence-electron chi connectivity index (χ2n) is 5.73. The SMILES string of the molecule is COc1ccc(SCC2CCN(C(=O)c3ccsc3)CC2)cc1. The average molecular weight is 348 g/mol. The Morgan fingerprint density at radius 1 is 1.26 bits per heavy atom. The lowest BCUT2D eigenvalue weighted by Crippen LogP contribution is -2.38. The van der Waals surface area contributed by atoms with Crippen molar-refractivity contribution in [2.24, 2.45) is 5.92 Å². The molecule has 0 aliphatic carbocycles. The summed E-state index contributed by atoms with van der Waals surface area (Å²) in [6.45, 7) is 1.75. The third kappa shape index (κ3) is 4.30. The van der Waals surface area contributed by atoms with Crippen molar-refractivity contribution >= 4 is 29.0 Å². The van der Waals surface area contributed by atoms with Gasteiger partial charge in [-0.25, -0.2) is 0 Å². The van der Waals surface area contributed by atoms with E-state index in [1.165, 1.54) is 4.90 Å². The summed E-state index contributed by atoms with van der Waals surface area (Å²) in [5, 5.41) is 3.90. The first-order valence-electron chi connectivity index (χ1n) is 7.84. The summed E-state index contributed by atoms with van der Waals surface area (Å²) in [5.74, 6) is 2.89. The molecule has 5 heteroatoms. The second-order valence-corrected chi connectivity index (χ2v) is 7.61. The van der Waals surface area contributed by atoms with Crippen molar-refractivity contribution in [3.8, 4) is 5.75 Å². The fraction of sp³-hybridized carbons (Fsp3) is 0.389. The van der Waals surface area contributed by atoms with Crippen LogP contribution in [0.25, 0.3) is 0 Å². The third-order valence-corrected chi connectivity index (χ3v) is 6.14. The number of carbonyl (C=O) groups is 1. The molecule has 23 heavy (non-hydrogen) atoms. The molecular formula is C18H21NO2S2. The number of carbonyl (C=O) groups excluding carboxylic acids is 1. The van der Waals surface area contributed by atoms with Crippen LogP contribution in [0.2, 0.25) is 0 Å². The lowest BCUT2D eigenvalue weighted by molar-refractivity contribution is 0.0699. The molecule has 0 unspecified atom stereocenters. The number of likely N-dealkylation sites (tertiary alicyclic amines) is 1. The average Bonchev–Trinajstić information content (AvgIpc) is 3.15. The normalized spacial score (nSPS) is 15.6. The van der Waals surface area contributed by atoms with Crippen molar-refractivity contribution in [1.82, 2.24) is 4.90 Å². The van der Waals surface area contributed by atoms with Gasteiger partial charge in [0.05, 0.1) is 12.7 Å². The molecule has 0 bridgehead atoms. The monoisotopic (exact) mass is 347 g/mol. The Hall–Kier alpha value is -1.46. The molecule has 3 nitrogen and oxygen atoms in total. The van der Waals surface area contributed by atoms with Gasteiger partial charge < -0.3 is 9.64 Å². The Labute approximate surface area is 145 Å². The van der Waals surface area contributed by atoms with Gasteiger partial charge in [-0.3, -0.25) is 4.79 Å². The van der Waals surface area contributed by atoms with Gasteiger partial charge in [0.15, 0.2) is 0 Å². The number of ether oxygens (including phenoxy) is 1. The van der Waals surface area contributed by atoms with Crippen LogP contribution in [-0.2, 0) is 0 Å². The van der Waals surface area contributed by atoms with Crippen LogP contribution in [0.4, 0.5) is 0 Å². The molecule has 1 aliphatic rings. The first-order valence-corrected chi connectivity index (χ1v) is 9.77. The van der Waals surface area contributed by atoms with E-state index in [0.29, 0.717) is 5.92 Å². The molecule has 0 spiro atoms. The second kappa shape index (κ2) is 7.88. The summed E-state index contributed by atoms with van der Waals surface area (Å²) in [6, 6.07) is 10.1. The number of hydrogen-bond acceptors (Lipinski definition) is 4. The highest BCUT2D eigenvalue weighted by Crippen LogP contribution is 2.28. The summed E-state index contributed by atoms with van der Waals surface area (Å²) in [6.07, 6.45) is 2.19. The molecule has 0 radical (unpaired) electrons. The van der Waals surface area contributed by atoms with Crippen LogP contribution in [0.1, 0.15) is 23.2 Å². The molecule has 2 aromatic rings. The highest BCUT2D eigenvalue weighted by Gasteiger charge is 2.23. The minimum Gasteiger partial charge on any atom is -0.497 e. The van der Waals surface area contributed by atoms with Crippen LogP contribution in [0.5, 0.6) is 5.75 Å². The topological polar surface area (TPSA) is 29.5 Å². The largest absolute Gasteiger partial charge is 0.497 e. The quantitative estimate of drug-likeness (QED) is 0.751. The molecule has 0 N–H and O–H groups in total. The van der Waals surface area contributed by atoms with Crippen LogP contribution < -0.4 is 4.74 Å². The van der Waals surface area contributed by atoms with E-state index in [-0.39, 0.29) is 5.91 Å². The van der Waals surface area contributed by atoms with E-state index < -0.39 is 0 Å². The Kier molecular flexibility index (Phi) is 5.62. The Balaban J connectivity index is 1.44. The van der Waals surface area contributed by atoms with Crippen molar-refractivity contribution in [3.05, 3.63) is 46.7 Å². The Morgan fingerprint density at radius 3 is 2.61 bits per heavy atom. The standard InChI is InChI=1S/C18H21NO2S2/c1-21-16-2-4-17(5-3-16)23-12-14-6-9-19(10-7-14)18(20)15-8-11-22-13-15/h2-5,8,11,13-14H,6-7,9-10,12H2,1H3. The highest BCUT2D eigenvalue weighted by atomic mass is 32.2. The van der Waals surface area contributed by atoms with Gasteiger partial charge in [0, 0.05) is 29.1 Å². The predicted octanol–water partition coefficient (Wildman–Crippen LogP) is 4.40.